The normalized spacial score (nSPS) is 9.65. The first kappa shape index (κ1) is 19.8. The zero-order chi connectivity index (χ0) is 18.9. The third kappa shape index (κ3) is 5.24. The summed E-state index contributed by atoms with van der Waals surface area (Å²) < 4.78 is 0.720. The molecular weight excluding hydrogens is 414 g/mol. The Hall–Kier alpha value is -2.51. The molecule has 0 bridgehead atoms. The molecule has 0 saturated heterocycles. The molecule has 5 nitrogen and oxygen atoms in total. The smallest absolute Gasteiger partial charge is 0.267 e. The van der Waals surface area contributed by atoms with Gasteiger partial charge in [-0.05, 0) is 46.3 Å². The highest BCUT2D eigenvalue weighted by Gasteiger charge is 2.11. The van der Waals surface area contributed by atoms with Crippen LogP contribution in [0.2, 0.25) is 0 Å². The van der Waals surface area contributed by atoms with Gasteiger partial charge >= 0.3 is 0 Å². The first-order chi connectivity index (χ1) is 12.6. The van der Waals surface area contributed by atoms with Gasteiger partial charge in [-0.2, -0.15) is 0 Å². The maximum absolute atomic E-state index is 12.3. The van der Waals surface area contributed by atoms with E-state index < -0.39 is 0 Å². The minimum absolute atomic E-state index is 0.228. The van der Waals surface area contributed by atoms with Crippen LogP contribution in [-0.2, 0) is 0 Å². The van der Waals surface area contributed by atoms with Crippen LogP contribution in [0, 0.1) is 0 Å². The first-order valence-corrected chi connectivity index (χ1v) is 9.66. The van der Waals surface area contributed by atoms with Crippen LogP contribution in [-0.4, -0.2) is 16.8 Å². The molecule has 0 fully saturated rings. The predicted octanol–water partition coefficient (Wildman–Crippen LogP) is 5.44. The number of anilines is 2. The van der Waals surface area contributed by atoms with Crippen LogP contribution in [0.1, 0.15) is 33.9 Å². The van der Waals surface area contributed by atoms with Crippen molar-refractivity contribution in [1.82, 2.24) is 4.98 Å². The van der Waals surface area contributed by atoms with Crippen molar-refractivity contribution in [2.24, 2.45) is 0 Å². The summed E-state index contributed by atoms with van der Waals surface area (Å²) in [5, 5.41) is 5.60. The number of aromatic nitrogens is 1. The van der Waals surface area contributed by atoms with Gasteiger partial charge in [-0.25, -0.2) is 0 Å². The van der Waals surface area contributed by atoms with Gasteiger partial charge in [-0.1, -0.05) is 32.0 Å². The van der Waals surface area contributed by atoms with Gasteiger partial charge in [0.1, 0.15) is 4.88 Å². The number of amides is 2. The van der Waals surface area contributed by atoms with Crippen LogP contribution in [0.15, 0.2) is 64.7 Å². The fraction of sp³-hybridized carbons (Fsp3) is 0.105. The maximum Gasteiger partial charge on any atom is 0.267 e. The Balaban J connectivity index is 0.00000117. The summed E-state index contributed by atoms with van der Waals surface area (Å²) in [7, 11) is 0. The maximum atomic E-state index is 12.3. The molecule has 0 aliphatic rings. The van der Waals surface area contributed by atoms with E-state index in [2.05, 4.69) is 31.5 Å². The Morgan fingerprint density at radius 3 is 2.23 bits per heavy atom. The lowest BCUT2D eigenvalue weighted by Crippen LogP contribution is -2.13. The zero-order valence-electron chi connectivity index (χ0n) is 14.3. The number of benzene rings is 2. The number of nitrogens with zero attached hydrogens (tertiary/aromatic N) is 1. The molecule has 0 unspecified atom stereocenters. The van der Waals surface area contributed by atoms with Gasteiger partial charge in [0.2, 0.25) is 0 Å². The monoisotopic (exact) mass is 431 g/mol. The molecule has 1 aromatic heterocycles. The standard InChI is InChI=1S/C17H12BrN3O2S.C2H6/c18-14-7-2-1-6-13(14)16(22)20-11-4-3-5-12(8-11)21-17(23)15-9-19-10-24-15;1-2/h1-10H,(H,20,22)(H,21,23);1-2H3. The van der Waals surface area contributed by atoms with Gasteiger partial charge in [0.25, 0.3) is 11.8 Å². The lowest BCUT2D eigenvalue weighted by molar-refractivity contribution is 0.102. The molecule has 7 heteroatoms. The molecule has 2 amide bonds. The summed E-state index contributed by atoms with van der Waals surface area (Å²) in [6.45, 7) is 4.00. The number of rotatable bonds is 4. The number of hydrogen-bond acceptors (Lipinski definition) is 4. The van der Waals surface area contributed by atoms with Gasteiger partial charge in [0.05, 0.1) is 17.3 Å². The van der Waals surface area contributed by atoms with Crippen LogP contribution >= 0.6 is 27.3 Å². The minimum Gasteiger partial charge on any atom is -0.322 e. The molecule has 26 heavy (non-hydrogen) atoms. The summed E-state index contributed by atoms with van der Waals surface area (Å²) in [6, 6.07) is 14.2. The lowest BCUT2D eigenvalue weighted by atomic mass is 10.2. The summed E-state index contributed by atoms with van der Waals surface area (Å²) >= 11 is 4.62. The fourth-order valence-electron chi connectivity index (χ4n) is 2.04. The summed E-state index contributed by atoms with van der Waals surface area (Å²) in [5.74, 6) is -0.458. The third-order valence-electron chi connectivity index (χ3n) is 3.15. The molecule has 0 spiro atoms. The zero-order valence-corrected chi connectivity index (χ0v) is 16.7. The van der Waals surface area contributed by atoms with E-state index in [0.29, 0.717) is 21.8 Å². The summed E-state index contributed by atoms with van der Waals surface area (Å²) in [4.78, 5) is 28.8. The number of carbonyl (C=O) groups excluding carboxylic acids is 2. The Bertz CT molecular complexity index is 882. The molecule has 2 aromatic carbocycles. The van der Waals surface area contributed by atoms with Crippen molar-refractivity contribution in [3.05, 3.63) is 75.2 Å². The first-order valence-electron chi connectivity index (χ1n) is 7.99. The average Bonchev–Trinajstić information content (AvgIpc) is 3.19. The molecule has 3 aromatic rings. The largest absolute Gasteiger partial charge is 0.322 e. The molecule has 134 valence electrons. The number of nitrogens with one attached hydrogen (secondary N) is 2. The van der Waals surface area contributed by atoms with Gasteiger partial charge in [-0.15, -0.1) is 11.3 Å². The molecule has 0 saturated carbocycles. The summed E-state index contributed by atoms with van der Waals surface area (Å²) in [5.41, 5.74) is 3.33. The fourth-order valence-corrected chi connectivity index (χ4v) is 3.02. The Morgan fingerprint density at radius 1 is 0.962 bits per heavy atom. The Kier molecular flexibility index (Phi) is 7.50. The number of thiazole rings is 1. The van der Waals surface area contributed by atoms with E-state index in [-0.39, 0.29) is 11.8 Å². The van der Waals surface area contributed by atoms with Crippen molar-refractivity contribution < 1.29 is 9.59 Å². The Morgan fingerprint density at radius 2 is 1.62 bits per heavy atom. The minimum atomic E-state index is -0.230. The van der Waals surface area contributed by atoms with Gasteiger partial charge < -0.3 is 10.6 Å². The van der Waals surface area contributed by atoms with Crippen molar-refractivity contribution in [1.29, 1.82) is 0 Å². The molecule has 2 N–H and O–H groups in total. The van der Waals surface area contributed by atoms with Crippen molar-refractivity contribution >= 4 is 50.5 Å². The Labute approximate surface area is 164 Å². The van der Waals surface area contributed by atoms with Gasteiger partial charge in [0, 0.05) is 15.8 Å². The van der Waals surface area contributed by atoms with Crippen molar-refractivity contribution in [3.63, 3.8) is 0 Å². The van der Waals surface area contributed by atoms with Crippen molar-refractivity contribution in [2.75, 3.05) is 10.6 Å². The molecule has 0 aliphatic carbocycles. The molecular formula is C19H18BrN3O2S. The quantitative estimate of drug-likeness (QED) is 0.577. The van der Waals surface area contributed by atoms with Crippen LogP contribution in [0.25, 0.3) is 0 Å². The highest BCUT2D eigenvalue weighted by molar-refractivity contribution is 9.10. The van der Waals surface area contributed by atoms with E-state index in [1.165, 1.54) is 17.5 Å². The molecule has 0 radical (unpaired) electrons. The number of halogens is 1. The van der Waals surface area contributed by atoms with Crippen LogP contribution in [0.5, 0.6) is 0 Å². The van der Waals surface area contributed by atoms with Crippen molar-refractivity contribution in [3.8, 4) is 0 Å². The molecule has 3 rings (SSSR count). The van der Waals surface area contributed by atoms with E-state index in [9.17, 15) is 9.59 Å². The second kappa shape index (κ2) is 9.84. The van der Waals surface area contributed by atoms with Crippen LogP contribution < -0.4 is 10.6 Å². The topological polar surface area (TPSA) is 71.1 Å². The van der Waals surface area contributed by atoms with Gasteiger partial charge in [-0.3, -0.25) is 14.6 Å². The SMILES string of the molecule is CC.O=C(Nc1cccc(NC(=O)c2ccccc2Br)c1)c1cncs1. The average molecular weight is 432 g/mol. The lowest BCUT2D eigenvalue weighted by Gasteiger charge is -2.09. The molecule has 0 atom stereocenters. The summed E-state index contributed by atoms with van der Waals surface area (Å²) in [6.07, 6.45) is 1.51. The van der Waals surface area contributed by atoms with E-state index in [1.54, 1.807) is 48.0 Å². The molecule has 1 heterocycles. The van der Waals surface area contributed by atoms with Crippen molar-refractivity contribution in [2.45, 2.75) is 13.8 Å². The second-order valence-electron chi connectivity index (χ2n) is 4.83. The van der Waals surface area contributed by atoms with Crippen LogP contribution in [0.4, 0.5) is 11.4 Å². The highest BCUT2D eigenvalue weighted by Crippen LogP contribution is 2.20. The van der Waals surface area contributed by atoms with E-state index in [1.807, 2.05) is 19.9 Å². The number of carbonyl (C=O) groups is 2. The van der Waals surface area contributed by atoms with E-state index >= 15 is 0 Å². The molecule has 0 aliphatic heterocycles. The van der Waals surface area contributed by atoms with E-state index in [4.69, 9.17) is 0 Å². The third-order valence-corrected chi connectivity index (χ3v) is 4.62. The highest BCUT2D eigenvalue weighted by atomic mass is 79.9. The van der Waals surface area contributed by atoms with Gasteiger partial charge in [0.15, 0.2) is 0 Å². The second-order valence-corrected chi connectivity index (χ2v) is 6.58. The predicted molar refractivity (Wildman–Crippen MR) is 110 cm³/mol. The van der Waals surface area contributed by atoms with E-state index in [0.717, 1.165) is 4.47 Å². The number of hydrogen-bond donors (Lipinski definition) is 2. The van der Waals surface area contributed by atoms with Crippen LogP contribution in [0.3, 0.4) is 0 Å².